The molecule has 8 heteroatoms. The molecule has 1 aliphatic heterocycles. The van der Waals surface area contributed by atoms with E-state index in [4.69, 9.17) is 9.84 Å². The number of hydrogen-bond acceptors (Lipinski definition) is 5. The number of carbonyl (C=O) groups is 3. The molecule has 0 fully saturated rings. The summed E-state index contributed by atoms with van der Waals surface area (Å²) in [5.74, 6) is -1.75. The smallest absolute Gasteiger partial charge is 0.408 e. The molecule has 1 unspecified atom stereocenters. The van der Waals surface area contributed by atoms with Crippen LogP contribution in [-0.4, -0.2) is 46.4 Å². The van der Waals surface area contributed by atoms with Crippen molar-refractivity contribution in [1.29, 1.82) is 0 Å². The lowest BCUT2D eigenvalue weighted by Crippen LogP contribution is -2.47. The van der Waals surface area contributed by atoms with E-state index in [2.05, 4.69) is 17.0 Å². The second kappa shape index (κ2) is 10.1. The average molecular weight is 373 g/mol. The molecule has 1 aromatic rings. The lowest BCUT2D eigenvalue weighted by atomic mass is 10.1. The Morgan fingerprint density at radius 1 is 1.37 bits per heavy atom. The minimum atomic E-state index is -1.18. The van der Waals surface area contributed by atoms with Crippen LogP contribution < -0.4 is 5.32 Å². The molecule has 0 saturated heterocycles. The normalized spacial score (nSPS) is 16.9. The summed E-state index contributed by atoms with van der Waals surface area (Å²) < 4.78 is 5.14. The van der Waals surface area contributed by atoms with E-state index in [1.165, 1.54) is 0 Å². The highest BCUT2D eigenvalue weighted by Crippen LogP contribution is 2.14. The fourth-order valence-corrected chi connectivity index (χ4v) is 2.61. The summed E-state index contributed by atoms with van der Waals surface area (Å²) in [5, 5.41) is 16.6. The molecule has 2 N–H and O–H groups in total. The Bertz CT molecular complexity index is 717. The summed E-state index contributed by atoms with van der Waals surface area (Å²) in [6, 6.07) is 8.26. The number of benzene rings is 1. The standard InChI is InChI=1S/C19H23N3O5/c1-2-3-9-15-10-11-16(18(25)22(21-15)12-17(23)24)20-19(26)27-13-14-7-5-4-6-8-14/h2,4-8,16H,1,3,9-13H2,(H,20,26)(H,23,24). The van der Waals surface area contributed by atoms with Crippen molar-refractivity contribution in [3.8, 4) is 0 Å². The van der Waals surface area contributed by atoms with Crippen molar-refractivity contribution < 1.29 is 24.2 Å². The van der Waals surface area contributed by atoms with Gasteiger partial charge in [-0.15, -0.1) is 6.58 Å². The first-order valence-electron chi connectivity index (χ1n) is 8.67. The highest BCUT2D eigenvalue weighted by atomic mass is 16.5. The maximum Gasteiger partial charge on any atom is 0.408 e. The van der Waals surface area contributed by atoms with Crippen LogP contribution in [0.5, 0.6) is 0 Å². The summed E-state index contributed by atoms with van der Waals surface area (Å²) >= 11 is 0. The number of ether oxygens (including phenoxy) is 1. The first kappa shape index (κ1) is 20.2. The molecule has 0 aromatic heterocycles. The van der Waals surface area contributed by atoms with Crippen LogP contribution in [0.1, 0.15) is 31.2 Å². The lowest BCUT2D eigenvalue weighted by molar-refractivity contribution is -0.145. The number of carbonyl (C=O) groups excluding carboxylic acids is 2. The molecule has 144 valence electrons. The van der Waals surface area contributed by atoms with Gasteiger partial charge in [0.2, 0.25) is 0 Å². The number of nitrogens with one attached hydrogen (secondary N) is 1. The zero-order valence-electron chi connectivity index (χ0n) is 15.0. The van der Waals surface area contributed by atoms with Gasteiger partial charge in [0.25, 0.3) is 5.91 Å². The second-order valence-electron chi connectivity index (χ2n) is 6.08. The van der Waals surface area contributed by atoms with Gasteiger partial charge < -0.3 is 15.2 Å². The van der Waals surface area contributed by atoms with Crippen molar-refractivity contribution >= 4 is 23.7 Å². The molecule has 2 amide bonds. The SMILES string of the molecule is C=CCCC1=NN(CC(=O)O)C(=O)C(NC(=O)OCc2ccccc2)CC1. The zero-order valence-corrected chi connectivity index (χ0v) is 15.0. The quantitative estimate of drug-likeness (QED) is 0.680. The number of carboxylic acids is 1. The number of rotatable bonds is 8. The number of hydrogen-bond donors (Lipinski definition) is 2. The van der Waals surface area contributed by atoms with Crippen LogP contribution >= 0.6 is 0 Å². The molecule has 0 bridgehead atoms. The van der Waals surface area contributed by atoms with Gasteiger partial charge in [0, 0.05) is 5.71 Å². The van der Waals surface area contributed by atoms with Gasteiger partial charge in [-0.2, -0.15) is 5.10 Å². The van der Waals surface area contributed by atoms with E-state index >= 15 is 0 Å². The maximum atomic E-state index is 12.6. The largest absolute Gasteiger partial charge is 0.480 e. The number of alkyl carbamates (subject to hydrolysis) is 1. The third kappa shape index (κ3) is 6.58. The van der Waals surface area contributed by atoms with Crippen LogP contribution in [0.3, 0.4) is 0 Å². The number of amides is 2. The maximum absolute atomic E-state index is 12.6. The number of hydrazone groups is 1. The number of allylic oxidation sites excluding steroid dienone is 1. The highest BCUT2D eigenvalue weighted by Gasteiger charge is 2.30. The predicted octanol–water partition coefficient (Wildman–Crippen LogP) is 2.31. The van der Waals surface area contributed by atoms with Gasteiger partial charge in [-0.3, -0.25) is 9.59 Å². The Balaban J connectivity index is 1.99. The fraction of sp³-hybridized carbons (Fsp3) is 0.368. The molecule has 0 radical (unpaired) electrons. The van der Waals surface area contributed by atoms with Crippen molar-refractivity contribution in [3.05, 3.63) is 48.6 Å². The Labute approximate surface area is 157 Å². The molecule has 1 aliphatic rings. The van der Waals surface area contributed by atoms with E-state index in [-0.39, 0.29) is 6.61 Å². The van der Waals surface area contributed by atoms with E-state index in [0.29, 0.717) is 31.4 Å². The Morgan fingerprint density at radius 2 is 2.11 bits per heavy atom. The second-order valence-corrected chi connectivity index (χ2v) is 6.08. The van der Waals surface area contributed by atoms with E-state index in [1.54, 1.807) is 6.08 Å². The van der Waals surface area contributed by atoms with Crippen molar-refractivity contribution in [2.45, 2.75) is 38.3 Å². The van der Waals surface area contributed by atoms with E-state index in [9.17, 15) is 14.4 Å². The van der Waals surface area contributed by atoms with Crippen molar-refractivity contribution in [2.75, 3.05) is 6.54 Å². The minimum Gasteiger partial charge on any atom is -0.480 e. The average Bonchev–Trinajstić information content (AvgIpc) is 2.79. The third-order valence-electron chi connectivity index (χ3n) is 3.96. The Morgan fingerprint density at radius 3 is 2.78 bits per heavy atom. The van der Waals surface area contributed by atoms with Crippen molar-refractivity contribution in [3.63, 3.8) is 0 Å². The van der Waals surface area contributed by atoms with Gasteiger partial charge in [-0.1, -0.05) is 36.4 Å². The molecule has 0 spiro atoms. The van der Waals surface area contributed by atoms with Crippen molar-refractivity contribution in [2.24, 2.45) is 5.10 Å². The summed E-state index contributed by atoms with van der Waals surface area (Å²) in [7, 11) is 0. The number of carboxylic acid groups (broad SMARTS) is 1. The molecule has 1 aromatic carbocycles. The monoisotopic (exact) mass is 373 g/mol. The topological polar surface area (TPSA) is 108 Å². The molecular formula is C19H23N3O5. The summed E-state index contributed by atoms with van der Waals surface area (Å²) in [6.07, 6.45) is 3.04. The third-order valence-corrected chi connectivity index (χ3v) is 3.96. The molecule has 1 heterocycles. The summed E-state index contributed by atoms with van der Waals surface area (Å²) in [5.41, 5.74) is 1.52. The van der Waals surface area contributed by atoms with Gasteiger partial charge in [-0.05, 0) is 31.2 Å². The molecule has 27 heavy (non-hydrogen) atoms. The van der Waals surface area contributed by atoms with Gasteiger partial charge in [0.1, 0.15) is 19.2 Å². The Hall–Kier alpha value is -3.16. The highest BCUT2D eigenvalue weighted by molar-refractivity contribution is 5.93. The van der Waals surface area contributed by atoms with E-state index in [1.807, 2.05) is 30.3 Å². The van der Waals surface area contributed by atoms with Crippen LogP contribution in [0.15, 0.2) is 48.1 Å². The van der Waals surface area contributed by atoms with Crippen LogP contribution in [-0.2, 0) is 20.9 Å². The van der Waals surface area contributed by atoms with Crippen LogP contribution in [0, 0.1) is 0 Å². The molecule has 8 nitrogen and oxygen atoms in total. The minimum absolute atomic E-state index is 0.0769. The molecule has 2 rings (SSSR count). The van der Waals surface area contributed by atoms with Gasteiger partial charge >= 0.3 is 12.1 Å². The number of nitrogens with zero attached hydrogens (tertiary/aromatic N) is 2. The predicted molar refractivity (Wildman–Crippen MR) is 99.0 cm³/mol. The van der Waals surface area contributed by atoms with E-state index in [0.717, 1.165) is 10.6 Å². The molecular weight excluding hydrogens is 350 g/mol. The Kier molecular flexibility index (Phi) is 7.54. The van der Waals surface area contributed by atoms with E-state index < -0.39 is 30.6 Å². The first-order chi connectivity index (χ1) is 13.0. The molecule has 1 atom stereocenters. The van der Waals surface area contributed by atoms with Crippen LogP contribution in [0.2, 0.25) is 0 Å². The molecule has 0 saturated carbocycles. The van der Waals surface area contributed by atoms with Gasteiger partial charge in [-0.25, -0.2) is 9.80 Å². The summed E-state index contributed by atoms with van der Waals surface area (Å²) in [4.78, 5) is 35.7. The molecule has 0 aliphatic carbocycles. The van der Waals surface area contributed by atoms with Crippen LogP contribution in [0.4, 0.5) is 4.79 Å². The van der Waals surface area contributed by atoms with Gasteiger partial charge in [0.15, 0.2) is 0 Å². The fourth-order valence-electron chi connectivity index (χ4n) is 2.61. The van der Waals surface area contributed by atoms with Crippen LogP contribution in [0.25, 0.3) is 0 Å². The van der Waals surface area contributed by atoms with Gasteiger partial charge in [0.05, 0.1) is 0 Å². The number of aliphatic carboxylic acids is 1. The zero-order chi connectivity index (χ0) is 19.6. The summed E-state index contributed by atoms with van der Waals surface area (Å²) in [6.45, 7) is 3.16. The first-order valence-corrected chi connectivity index (χ1v) is 8.67. The van der Waals surface area contributed by atoms with Crippen molar-refractivity contribution in [1.82, 2.24) is 10.3 Å². The lowest BCUT2D eigenvalue weighted by Gasteiger charge is -2.20.